The van der Waals surface area contributed by atoms with Gasteiger partial charge in [-0.25, -0.2) is 0 Å². The molecule has 9 heteroatoms. The lowest BCUT2D eigenvalue weighted by Crippen LogP contribution is -2.30. The molecule has 0 atom stereocenters. The van der Waals surface area contributed by atoms with Crippen molar-refractivity contribution in [3.63, 3.8) is 0 Å². The molecule has 0 fully saturated rings. The number of rotatable bonds is 9. The lowest BCUT2D eigenvalue weighted by atomic mass is 10.2. The molecule has 9 nitrogen and oxygen atoms in total. The van der Waals surface area contributed by atoms with Crippen LogP contribution in [-0.2, 0) is 20.9 Å². The fourth-order valence-corrected chi connectivity index (χ4v) is 2.81. The number of para-hydroxylation sites is 2. The van der Waals surface area contributed by atoms with Crippen LogP contribution in [0.3, 0.4) is 0 Å². The number of aromatic nitrogens is 2. The van der Waals surface area contributed by atoms with E-state index in [0.717, 1.165) is 11.1 Å². The first-order valence-corrected chi connectivity index (χ1v) is 9.34. The van der Waals surface area contributed by atoms with E-state index >= 15 is 0 Å². The molecule has 0 saturated heterocycles. The third-order valence-corrected chi connectivity index (χ3v) is 4.33. The summed E-state index contributed by atoms with van der Waals surface area (Å²) in [6.45, 7) is -0.0678. The smallest absolute Gasteiger partial charge is 0.308 e. The van der Waals surface area contributed by atoms with E-state index in [1.165, 1.54) is 0 Å². The van der Waals surface area contributed by atoms with Gasteiger partial charge in [0.25, 0.3) is 11.8 Å². The Morgan fingerprint density at radius 2 is 1.80 bits per heavy atom. The van der Waals surface area contributed by atoms with Crippen LogP contribution in [-0.4, -0.2) is 48.2 Å². The number of benzene rings is 2. The molecule has 1 aromatic heterocycles. The quantitative estimate of drug-likeness (QED) is 0.460. The Bertz CT molecular complexity index is 1050. The Balaban J connectivity index is 1.36. The van der Waals surface area contributed by atoms with E-state index in [4.69, 9.17) is 9.47 Å². The van der Waals surface area contributed by atoms with E-state index in [-0.39, 0.29) is 25.2 Å². The SMILES string of the molecule is COc1ccccc1CNC(=O)COC(=O)CCNC(=O)c1n[nH]c2ccccc12. The molecule has 0 bridgehead atoms. The fourth-order valence-electron chi connectivity index (χ4n) is 2.81. The highest BCUT2D eigenvalue weighted by Crippen LogP contribution is 2.16. The van der Waals surface area contributed by atoms with Gasteiger partial charge in [-0.15, -0.1) is 0 Å². The van der Waals surface area contributed by atoms with Crippen molar-refractivity contribution >= 4 is 28.7 Å². The Hall–Kier alpha value is -3.88. The van der Waals surface area contributed by atoms with Crippen LogP contribution >= 0.6 is 0 Å². The molecule has 3 rings (SSSR count). The zero-order valence-corrected chi connectivity index (χ0v) is 16.4. The molecule has 2 amide bonds. The first-order chi connectivity index (χ1) is 14.6. The van der Waals surface area contributed by atoms with E-state index in [9.17, 15) is 14.4 Å². The van der Waals surface area contributed by atoms with Gasteiger partial charge in [-0.3, -0.25) is 19.5 Å². The van der Waals surface area contributed by atoms with Crippen molar-refractivity contribution in [1.82, 2.24) is 20.8 Å². The maximum Gasteiger partial charge on any atom is 0.308 e. The number of aromatic amines is 1. The molecule has 3 N–H and O–H groups in total. The topological polar surface area (TPSA) is 122 Å². The van der Waals surface area contributed by atoms with Gasteiger partial charge in [0.15, 0.2) is 12.3 Å². The summed E-state index contributed by atoms with van der Waals surface area (Å²) < 4.78 is 10.1. The van der Waals surface area contributed by atoms with Gasteiger partial charge in [0, 0.05) is 24.0 Å². The highest BCUT2D eigenvalue weighted by atomic mass is 16.5. The molecule has 156 valence electrons. The van der Waals surface area contributed by atoms with Gasteiger partial charge in [-0.05, 0) is 12.1 Å². The van der Waals surface area contributed by atoms with Crippen molar-refractivity contribution in [2.75, 3.05) is 20.3 Å². The summed E-state index contributed by atoms with van der Waals surface area (Å²) in [5.74, 6) is -0.749. The summed E-state index contributed by atoms with van der Waals surface area (Å²) in [5.41, 5.74) is 1.82. The number of ether oxygens (including phenoxy) is 2. The van der Waals surface area contributed by atoms with Crippen LogP contribution in [0.15, 0.2) is 48.5 Å². The number of esters is 1. The lowest BCUT2D eigenvalue weighted by Gasteiger charge is -2.10. The summed E-state index contributed by atoms with van der Waals surface area (Å²) in [6, 6.07) is 14.5. The monoisotopic (exact) mass is 410 g/mol. The molecule has 0 radical (unpaired) electrons. The number of carbonyl (C=O) groups excluding carboxylic acids is 3. The summed E-state index contributed by atoms with van der Waals surface area (Å²) >= 11 is 0. The van der Waals surface area contributed by atoms with Gasteiger partial charge >= 0.3 is 5.97 Å². The molecule has 0 unspecified atom stereocenters. The second-order valence-corrected chi connectivity index (χ2v) is 6.37. The third kappa shape index (κ3) is 5.34. The summed E-state index contributed by atoms with van der Waals surface area (Å²) in [6.07, 6.45) is -0.0616. The second-order valence-electron chi connectivity index (χ2n) is 6.37. The molecule has 1 heterocycles. The predicted octanol–water partition coefficient (Wildman–Crippen LogP) is 1.55. The summed E-state index contributed by atoms with van der Waals surface area (Å²) in [5, 5.41) is 12.8. The van der Waals surface area contributed by atoms with E-state index in [2.05, 4.69) is 20.8 Å². The highest BCUT2D eigenvalue weighted by molar-refractivity contribution is 6.04. The molecule has 2 aromatic carbocycles. The Morgan fingerprint density at radius 1 is 1.03 bits per heavy atom. The van der Waals surface area contributed by atoms with Gasteiger partial charge in [0.2, 0.25) is 0 Å². The normalized spacial score (nSPS) is 10.4. The second kappa shape index (κ2) is 10.1. The van der Waals surface area contributed by atoms with Gasteiger partial charge in [-0.1, -0.05) is 36.4 Å². The zero-order valence-electron chi connectivity index (χ0n) is 16.4. The standard InChI is InChI=1S/C21H22N4O5/c1-29-17-9-5-2-6-14(17)12-23-18(26)13-30-19(27)10-11-22-21(28)20-15-7-3-4-8-16(15)24-25-20/h2-9H,10-13H2,1H3,(H,22,28)(H,23,26)(H,24,25). The van der Waals surface area contributed by atoms with E-state index < -0.39 is 24.4 Å². The summed E-state index contributed by atoms with van der Waals surface area (Å²) in [4.78, 5) is 35.9. The van der Waals surface area contributed by atoms with Crippen LogP contribution in [0.25, 0.3) is 10.9 Å². The van der Waals surface area contributed by atoms with Crippen LogP contribution in [0, 0.1) is 0 Å². The molecular formula is C21H22N4O5. The van der Waals surface area contributed by atoms with E-state index in [1.807, 2.05) is 36.4 Å². The Morgan fingerprint density at radius 3 is 2.63 bits per heavy atom. The Labute approximate surface area is 172 Å². The largest absolute Gasteiger partial charge is 0.496 e. The van der Waals surface area contributed by atoms with Crippen molar-refractivity contribution in [2.45, 2.75) is 13.0 Å². The molecule has 0 aliphatic carbocycles. The number of methoxy groups -OCH3 is 1. The number of nitrogens with one attached hydrogen (secondary N) is 3. The molecular weight excluding hydrogens is 388 g/mol. The molecule has 0 saturated carbocycles. The number of hydrogen-bond acceptors (Lipinski definition) is 6. The minimum Gasteiger partial charge on any atom is -0.496 e. The average molecular weight is 410 g/mol. The first-order valence-electron chi connectivity index (χ1n) is 9.34. The predicted molar refractivity (Wildman–Crippen MR) is 109 cm³/mol. The molecule has 0 aliphatic rings. The van der Waals surface area contributed by atoms with Crippen molar-refractivity contribution < 1.29 is 23.9 Å². The minimum atomic E-state index is -0.588. The van der Waals surface area contributed by atoms with Gasteiger partial charge in [0.1, 0.15) is 5.75 Å². The lowest BCUT2D eigenvalue weighted by molar-refractivity contribution is -0.148. The first kappa shape index (κ1) is 20.8. The van der Waals surface area contributed by atoms with Crippen molar-refractivity contribution in [3.05, 3.63) is 59.8 Å². The fraction of sp³-hybridized carbons (Fsp3) is 0.238. The van der Waals surface area contributed by atoms with Crippen molar-refractivity contribution in [1.29, 1.82) is 0 Å². The highest BCUT2D eigenvalue weighted by Gasteiger charge is 2.14. The number of hydrogen-bond donors (Lipinski definition) is 3. The van der Waals surface area contributed by atoms with Crippen molar-refractivity contribution in [2.24, 2.45) is 0 Å². The number of amides is 2. The Kier molecular flexibility index (Phi) is 6.99. The van der Waals surface area contributed by atoms with E-state index in [0.29, 0.717) is 11.1 Å². The summed E-state index contributed by atoms with van der Waals surface area (Å²) in [7, 11) is 1.55. The van der Waals surface area contributed by atoms with Crippen LogP contribution in [0.2, 0.25) is 0 Å². The maximum atomic E-state index is 12.2. The molecule has 0 aliphatic heterocycles. The van der Waals surface area contributed by atoms with Crippen LogP contribution < -0.4 is 15.4 Å². The van der Waals surface area contributed by atoms with Crippen LogP contribution in [0.5, 0.6) is 5.75 Å². The molecule has 0 spiro atoms. The minimum absolute atomic E-state index is 0.0616. The molecule has 3 aromatic rings. The van der Waals surface area contributed by atoms with Crippen LogP contribution in [0.1, 0.15) is 22.5 Å². The number of H-pyrrole nitrogens is 1. The zero-order chi connectivity index (χ0) is 21.3. The average Bonchev–Trinajstić information content (AvgIpc) is 3.20. The third-order valence-electron chi connectivity index (χ3n) is 4.33. The van der Waals surface area contributed by atoms with Gasteiger partial charge < -0.3 is 20.1 Å². The number of carbonyl (C=O) groups is 3. The molecule has 30 heavy (non-hydrogen) atoms. The van der Waals surface area contributed by atoms with Gasteiger partial charge in [0.05, 0.1) is 19.0 Å². The number of nitrogens with zero attached hydrogens (tertiary/aromatic N) is 1. The number of fused-ring (bicyclic) bond motifs is 1. The van der Waals surface area contributed by atoms with Crippen molar-refractivity contribution in [3.8, 4) is 5.75 Å². The maximum absolute atomic E-state index is 12.2. The van der Waals surface area contributed by atoms with E-state index in [1.54, 1.807) is 19.2 Å². The van der Waals surface area contributed by atoms with Gasteiger partial charge in [-0.2, -0.15) is 5.10 Å². The van der Waals surface area contributed by atoms with Crippen LogP contribution in [0.4, 0.5) is 0 Å².